The molecule has 0 aliphatic heterocycles. The number of fused-ring (bicyclic) bond motifs is 1. The molecule has 0 saturated carbocycles. The third-order valence-corrected chi connectivity index (χ3v) is 4.50. The summed E-state index contributed by atoms with van der Waals surface area (Å²) in [5, 5.41) is 5.22. The van der Waals surface area contributed by atoms with Gasteiger partial charge in [-0.3, -0.25) is 4.40 Å². The zero-order valence-electron chi connectivity index (χ0n) is 12.7. The monoisotopic (exact) mass is 301 g/mol. The van der Waals surface area contributed by atoms with Crippen molar-refractivity contribution in [2.24, 2.45) is 0 Å². The van der Waals surface area contributed by atoms with Crippen LogP contribution in [-0.4, -0.2) is 16.4 Å². The number of aromatic nitrogens is 2. The van der Waals surface area contributed by atoms with Crippen molar-refractivity contribution < 1.29 is 4.74 Å². The first-order chi connectivity index (χ1) is 10.1. The van der Waals surface area contributed by atoms with Crippen LogP contribution in [0, 0.1) is 20.8 Å². The SMILES string of the molecule is CNCc1c(Oc2c(C)ccc(C)c2C)nc2sccn12. The summed E-state index contributed by atoms with van der Waals surface area (Å²) in [6.45, 7) is 6.98. The second-order valence-electron chi connectivity index (χ2n) is 5.21. The highest BCUT2D eigenvalue weighted by Crippen LogP contribution is 2.33. The summed E-state index contributed by atoms with van der Waals surface area (Å²) in [4.78, 5) is 5.57. The van der Waals surface area contributed by atoms with E-state index in [9.17, 15) is 0 Å². The molecule has 0 atom stereocenters. The topological polar surface area (TPSA) is 38.6 Å². The van der Waals surface area contributed by atoms with Gasteiger partial charge in [-0.15, -0.1) is 11.3 Å². The molecule has 2 aromatic heterocycles. The maximum atomic E-state index is 6.18. The Hall–Kier alpha value is -1.85. The Morgan fingerprint density at radius 3 is 2.76 bits per heavy atom. The first kappa shape index (κ1) is 14.1. The summed E-state index contributed by atoms with van der Waals surface area (Å²) in [5.74, 6) is 1.60. The Labute approximate surface area is 128 Å². The number of hydrogen-bond donors (Lipinski definition) is 1. The number of benzene rings is 1. The molecular weight excluding hydrogens is 282 g/mol. The minimum absolute atomic E-state index is 0.688. The van der Waals surface area contributed by atoms with Crippen LogP contribution in [-0.2, 0) is 6.54 Å². The highest BCUT2D eigenvalue weighted by molar-refractivity contribution is 7.15. The molecule has 110 valence electrons. The van der Waals surface area contributed by atoms with E-state index in [1.165, 1.54) is 11.1 Å². The number of imidazole rings is 1. The zero-order chi connectivity index (χ0) is 15.0. The summed E-state index contributed by atoms with van der Waals surface area (Å²) in [6, 6.07) is 4.21. The van der Waals surface area contributed by atoms with Crippen molar-refractivity contribution in [3.8, 4) is 11.6 Å². The van der Waals surface area contributed by atoms with Crippen molar-refractivity contribution in [2.75, 3.05) is 7.05 Å². The van der Waals surface area contributed by atoms with Crippen LogP contribution in [0.5, 0.6) is 11.6 Å². The zero-order valence-corrected chi connectivity index (χ0v) is 13.5. The molecule has 4 nitrogen and oxygen atoms in total. The van der Waals surface area contributed by atoms with E-state index in [2.05, 4.69) is 47.6 Å². The number of nitrogens with zero attached hydrogens (tertiary/aromatic N) is 2. The summed E-state index contributed by atoms with van der Waals surface area (Å²) in [5.41, 5.74) is 4.58. The predicted octanol–water partition coefficient (Wildman–Crippen LogP) is 3.83. The van der Waals surface area contributed by atoms with E-state index in [1.807, 2.05) is 18.6 Å². The van der Waals surface area contributed by atoms with E-state index < -0.39 is 0 Å². The van der Waals surface area contributed by atoms with Crippen molar-refractivity contribution >= 4 is 16.3 Å². The third-order valence-electron chi connectivity index (χ3n) is 3.74. The van der Waals surface area contributed by atoms with Crippen molar-refractivity contribution in [3.05, 3.63) is 46.1 Å². The van der Waals surface area contributed by atoms with Crippen LogP contribution in [0.25, 0.3) is 4.96 Å². The number of rotatable bonds is 4. The highest BCUT2D eigenvalue weighted by atomic mass is 32.1. The summed E-state index contributed by atoms with van der Waals surface area (Å²) < 4.78 is 8.26. The van der Waals surface area contributed by atoms with E-state index >= 15 is 0 Å². The summed E-state index contributed by atoms with van der Waals surface area (Å²) in [7, 11) is 1.93. The highest BCUT2D eigenvalue weighted by Gasteiger charge is 2.17. The lowest BCUT2D eigenvalue weighted by Crippen LogP contribution is -2.08. The third kappa shape index (κ3) is 2.43. The maximum absolute atomic E-state index is 6.18. The van der Waals surface area contributed by atoms with Gasteiger partial charge in [-0.05, 0) is 44.5 Å². The fourth-order valence-electron chi connectivity index (χ4n) is 2.40. The van der Waals surface area contributed by atoms with Crippen molar-refractivity contribution in [2.45, 2.75) is 27.3 Å². The van der Waals surface area contributed by atoms with Gasteiger partial charge in [0.1, 0.15) is 11.4 Å². The van der Waals surface area contributed by atoms with Crippen LogP contribution in [0.1, 0.15) is 22.4 Å². The summed E-state index contributed by atoms with van der Waals surface area (Å²) >= 11 is 1.61. The fourth-order valence-corrected chi connectivity index (χ4v) is 3.13. The van der Waals surface area contributed by atoms with Gasteiger partial charge < -0.3 is 10.1 Å². The second-order valence-corrected chi connectivity index (χ2v) is 6.08. The number of thiazole rings is 1. The smallest absolute Gasteiger partial charge is 0.243 e. The minimum Gasteiger partial charge on any atom is -0.437 e. The molecule has 2 heterocycles. The standard InChI is InChI=1S/C16H19N3OS/c1-10-5-6-11(2)14(12(10)3)20-15-13(9-17-4)19-7-8-21-16(19)18-15/h5-8,17H,9H2,1-4H3. The lowest BCUT2D eigenvalue weighted by atomic mass is 10.1. The molecule has 5 heteroatoms. The van der Waals surface area contributed by atoms with Gasteiger partial charge >= 0.3 is 0 Å². The van der Waals surface area contributed by atoms with Crippen LogP contribution in [0.2, 0.25) is 0 Å². The Bertz CT molecular complexity index is 788. The average molecular weight is 301 g/mol. The van der Waals surface area contributed by atoms with Crippen LogP contribution in [0.4, 0.5) is 0 Å². The van der Waals surface area contributed by atoms with Crippen molar-refractivity contribution in [1.29, 1.82) is 0 Å². The Balaban J connectivity index is 2.08. The molecule has 0 bridgehead atoms. The van der Waals surface area contributed by atoms with Crippen LogP contribution < -0.4 is 10.1 Å². The Morgan fingerprint density at radius 2 is 2.00 bits per heavy atom. The molecule has 0 fully saturated rings. The molecule has 0 radical (unpaired) electrons. The molecule has 3 rings (SSSR count). The molecule has 0 amide bonds. The molecule has 0 spiro atoms. The second kappa shape index (κ2) is 5.50. The number of ether oxygens (including phenoxy) is 1. The number of nitrogens with one attached hydrogen (secondary N) is 1. The number of hydrogen-bond acceptors (Lipinski definition) is 4. The van der Waals surface area contributed by atoms with Gasteiger partial charge in [-0.2, -0.15) is 4.98 Å². The van der Waals surface area contributed by atoms with E-state index in [0.717, 1.165) is 28.5 Å². The molecule has 0 aliphatic rings. The molecule has 0 unspecified atom stereocenters. The largest absolute Gasteiger partial charge is 0.437 e. The normalized spacial score (nSPS) is 11.2. The quantitative estimate of drug-likeness (QED) is 0.796. The van der Waals surface area contributed by atoms with E-state index in [4.69, 9.17) is 4.74 Å². The van der Waals surface area contributed by atoms with Gasteiger partial charge in [0.15, 0.2) is 4.96 Å². The van der Waals surface area contributed by atoms with Gasteiger partial charge in [0.25, 0.3) is 0 Å². The molecular formula is C16H19N3OS. The molecule has 1 aromatic carbocycles. The van der Waals surface area contributed by atoms with Crippen molar-refractivity contribution in [1.82, 2.24) is 14.7 Å². The molecule has 0 saturated heterocycles. The molecule has 21 heavy (non-hydrogen) atoms. The van der Waals surface area contributed by atoms with Crippen LogP contribution in [0.15, 0.2) is 23.7 Å². The number of aryl methyl sites for hydroxylation is 2. The van der Waals surface area contributed by atoms with E-state index in [1.54, 1.807) is 11.3 Å². The maximum Gasteiger partial charge on any atom is 0.243 e. The van der Waals surface area contributed by atoms with Gasteiger partial charge in [-0.1, -0.05) is 12.1 Å². The van der Waals surface area contributed by atoms with Gasteiger partial charge in [0, 0.05) is 18.1 Å². The Morgan fingerprint density at radius 1 is 1.24 bits per heavy atom. The first-order valence-corrected chi connectivity index (χ1v) is 7.83. The van der Waals surface area contributed by atoms with Crippen LogP contribution in [0.3, 0.4) is 0 Å². The average Bonchev–Trinajstić information content (AvgIpc) is 3.02. The van der Waals surface area contributed by atoms with E-state index in [-0.39, 0.29) is 0 Å². The van der Waals surface area contributed by atoms with Crippen molar-refractivity contribution in [3.63, 3.8) is 0 Å². The predicted molar refractivity (Wildman–Crippen MR) is 86.6 cm³/mol. The lowest BCUT2D eigenvalue weighted by molar-refractivity contribution is 0.450. The molecule has 3 aromatic rings. The molecule has 1 N–H and O–H groups in total. The fraction of sp³-hybridized carbons (Fsp3) is 0.312. The van der Waals surface area contributed by atoms with E-state index in [0.29, 0.717) is 5.88 Å². The van der Waals surface area contributed by atoms with Gasteiger partial charge in [0.05, 0.1) is 0 Å². The summed E-state index contributed by atoms with van der Waals surface area (Å²) in [6.07, 6.45) is 2.03. The minimum atomic E-state index is 0.688. The lowest BCUT2D eigenvalue weighted by Gasteiger charge is -2.13. The Kier molecular flexibility index (Phi) is 3.69. The molecule has 0 aliphatic carbocycles. The van der Waals surface area contributed by atoms with Gasteiger partial charge in [-0.25, -0.2) is 0 Å². The van der Waals surface area contributed by atoms with Gasteiger partial charge in [0.2, 0.25) is 5.88 Å². The van der Waals surface area contributed by atoms with Crippen LogP contribution >= 0.6 is 11.3 Å². The first-order valence-electron chi connectivity index (χ1n) is 6.95.